The molecule has 1 aliphatic heterocycles. The fourth-order valence-corrected chi connectivity index (χ4v) is 4.55. The van der Waals surface area contributed by atoms with Crippen LogP contribution >= 0.6 is 11.8 Å². The average molecular weight is 431 g/mol. The van der Waals surface area contributed by atoms with Gasteiger partial charge in [-0.1, -0.05) is 23.9 Å². The zero-order valence-electron chi connectivity index (χ0n) is 16.5. The summed E-state index contributed by atoms with van der Waals surface area (Å²) < 4.78 is 6.48. The Morgan fingerprint density at radius 1 is 1.32 bits per heavy atom. The SMILES string of the molecule is CCOC(=O)C1=c2/c(=C/c3cccnc3)c(N)c(C#N)n2C(=O)[C@H](c2cccnc2)S1. The van der Waals surface area contributed by atoms with Crippen LogP contribution in [0.4, 0.5) is 5.69 Å². The Hall–Kier alpha value is -3.90. The molecule has 3 aromatic heterocycles. The summed E-state index contributed by atoms with van der Waals surface area (Å²) in [6.07, 6.45) is 8.11. The van der Waals surface area contributed by atoms with Gasteiger partial charge in [0.25, 0.3) is 0 Å². The smallest absolute Gasteiger partial charge is 0.346 e. The topological polar surface area (TPSA) is 124 Å². The maximum absolute atomic E-state index is 13.5. The molecule has 0 saturated heterocycles. The standard InChI is InChI=1S/C22H17N5O3S/c1-2-30-22(29)20-18-15(9-13-5-3-7-25-11-13)17(24)16(10-23)27(18)21(28)19(31-20)14-6-4-8-26-12-14/h3-9,11-12,19H,2,24H2,1H3/b15-9+/t19-/m0/s1. The predicted octanol–water partition coefficient (Wildman–Crippen LogP) is 1.36. The molecule has 9 heteroatoms. The highest BCUT2D eigenvalue weighted by Crippen LogP contribution is 2.39. The van der Waals surface area contributed by atoms with Gasteiger partial charge in [-0.3, -0.25) is 19.3 Å². The largest absolute Gasteiger partial charge is 0.462 e. The van der Waals surface area contributed by atoms with Gasteiger partial charge in [0, 0.05) is 30.0 Å². The molecular formula is C22H17N5O3S. The van der Waals surface area contributed by atoms with Gasteiger partial charge in [-0.25, -0.2) is 4.79 Å². The second-order valence-corrected chi connectivity index (χ2v) is 7.69. The number of thioether (sulfide) groups is 1. The lowest BCUT2D eigenvalue weighted by Gasteiger charge is -2.22. The molecule has 154 valence electrons. The van der Waals surface area contributed by atoms with Gasteiger partial charge in [0.1, 0.15) is 16.2 Å². The van der Waals surface area contributed by atoms with Crippen molar-refractivity contribution < 1.29 is 14.3 Å². The summed E-state index contributed by atoms with van der Waals surface area (Å²) in [5.74, 6) is -0.965. The van der Waals surface area contributed by atoms with Crippen LogP contribution in [0.25, 0.3) is 11.0 Å². The Morgan fingerprint density at radius 3 is 2.68 bits per heavy atom. The molecular weight excluding hydrogens is 414 g/mol. The average Bonchev–Trinajstić information content (AvgIpc) is 3.07. The van der Waals surface area contributed by atoms with Crippen LogP contribution in [-0.4, -0.2) is 33.0 Å². The van der Waals surface area contributed by atoms with E-state index in [9.17, 15) is 14.9 Å². The van der Waals surface area contributed by atoms with Crippen LogP contribution in [0.3, 0.4) is 0 Å². The number of hydrogen-bond donors (Lipinski definition) is 1. The van der Waals surface area contributed by atoms with E-state index in [1.807, 2.05) is 12.1 Å². The molecule has 0 unspecified atom stereocenters. The highest BCUT2D eigenvalue weighted by atomic mass is 32.2. The lowest BCUT2D eigenvalue weighted by molar-refractivity contribution is -0.135. The molecule has 0 fully saturated rings. The molecule has 0 bridgehead atoms. The molecule has 0 radical (unpaired) electrons. The van der Waals surface area contributed by atoms with E-state index in [1.54, 1.807) is 56.0 Å². The number of carbonyl (C=O) groups is 2. The monoisotopic (exact) mass is 431 g/mol. The van der Waals surface area contributed by atoms with Gasteiger partial charge in [0.15, 0.2) is 5.69 Å². The van der Waals surface area contributed by atoms with Crippen molar-refractivity contribution >= 4 is 40.3 Å². The van der Waals surface area contributed by atoms with Crippen LogP contribution < -0.4 is 16.3 Å². The molecule has 3 aromatic rings. The van der Waals surface area contributed by atoms with E-state index >= 15 is 0 Å². The maximum Gasteiger partial charge on any atom is 0.346 e. The van der Waals surface area contributed by atoms with Gasteiger partial charge >= 0.3 is 5.97 Å². The molecule has 1 atom stereocenters. The number of rotatable bonds is 4. The number of carbonyl (C=O) groups excluding carboxylic acids is 2. The van der Waals surface area contributed by atoms with Crippen LogP contribution in [0.5, 0.6) is 0 Å². The summed E-state index contributed by atoms with van der Waals surface area (Å²) in [6.45, 7) is 1.86. The van der Waals surface area contributed by atoms with Gasteiger partial charge < -0.3 is 10.5 Å². The second-order valence-electron chi connectivity index (χ2n) is 6.57. The number of anilines is 1. The number of fused-ring (bicyclic) bond motifs is 1. The first-order chi connectivity index (χ1) is 15.1. The number of pyridine rings is 2. The molecule has 0 spiro atoms. The zero-order chi connectivity index (χ0) is 22.0. The number of nitriles is 1. The van der Waals surface area contributed by atoms with E-state index in [0.29, 0.717) is 16.3 Å². The van der Waals surface area contributed by atoms with Gasteiger partial charge in [-0.15, -0.1) is 0 Å². The Morgan fingerprint density at radius 2 is 2.06 bits per heavy atom. The first kappa shape index (κ1) is 20.4. The molecule has 0 amide bonds. The van der Waals surface area contributed by atoms with Crippen LogP contribution in [-0.2, 0) is 9.53 Å². The minimum atomic E-state index is -0.772. The van der Waals surface area contributed by atoms with Crippen molar-refractivity contribution in [2.24, 2.45) is 0 Å². The van der Waals surface area contributed by atoms with Crippen LogP contribution in [0, 0.1) is 11.3 Å². The van der Waals surface area contributed by atoms with E-state index in [2.05, 4.69) is 9.97 Å². The molecule has 0 aromatic carbocycles. The van der Waals surface area contributed by atoms with Gasteiger partial charge in [-0.05, 0) is 36.3 Å². The molecule has 0 aliphatic carbocycles. The third kappa shape index (κ3) is 3.58. The normalized spacial score (nSPS) is 16.0. The van der Waals surface area contributed by atoms with Crippen LogP contribution in [0.2, 0.25) is 0 Å². The Bertz CT molecular complexity index is 1330. The fourth-order valence-electron chi connectivity index (χ4n) is 3.36. The van der Waals surface area contributed by atoms with E-state index < -0.39 is 11.2 Å². The van der Waals surface area contributed by atoms with E-state index in [4.69, 9.17) is 10.5 Å². The molecule has 2 N–H and O–H groups in total. The van der Waals surface area contributed by atoms with Crippen molar-refractivity contribution in [3.8, 4) is 6.07 Å². The van der Waals surface area contributed by atoms with Crippen LogP contribution in [0.1, 0.15) is 33.8 Å². The minimum absolute atomic E-state index is 0.0221. The number of nitrogen functional groups attached to an aromatic ring is 1. The van der Waals surface area contributed by atoms with E-state index in [1.165, 1.54) is 4.57 Å². The fraction of sp³-hybridized carbons (Fsp3) is 0.136. The summed E-state index contributed by atoms with van der Waals surface area (Å²) in [7, 11) is 0. The first-order valence-corrected chi connectivity index (χ1v) is 10.3. The van der Waals surface area contributed by atoms with Crippen molar-refractivity contribution in [3.63, 3.8) is 0 Å². The van der Waals surface area contributed by atoms with Crippen molar-refractivity contribution in [1.29, 1.82) is 5.26 Å². The molecule has 0 saturated carbocycles. The Kier molecular flexibility index (Phi) is 5.56. The van der Waals surface area contributed by atoms with Crippen molar-refractivity contribution in [2.45, 2.75) is 12.2 Å². The van der Waals surface area contributed by atoms with Crippen molar-refractivity contribution in [1.82, 2.24) is 14.5 Å². The summed E-state index contributed by atoms with van der Waals surface area (Å²) in [4.78, 5) is 34.7. The molecule has 1 aliphatic rings. The zero-order valence-corrected chi connectivity index (χ0v) is 17.3. The summed E-state index contributed by atoms with van der Waals surface area (Å²) >= 11 is 1.07. The van der Waals surface area contributed by atoms with Crippen LogP contribution in [0.15, 0.2) is 49.1 Å². The molecule has 4 rings (SSSR count). The number of hydrogen-bond acceptors (Lipinski definition) is 8. The van der Waals surface area contributed by atoms with Crippen molar-refractivity contribution in [2.75, 3.05) is 12.3 Å². The number of nitrogens with zero attached hydrogens (tertiary/aromatic N) is 4. The van der Waals surface area contributed by atoms with E-state index in [0.717, 1.165) is 11.8 Å². The predicted molar refractivity (Wildman–Crippen MR) is 116 cm³/mol. The molecule has 8 nitrogen and oxygen atoms in total. The summed E-state index contributed by atoms with van der Waals surface area (Å²) in [5, 5.41) is 9.67. The van der Waals surface area contributed by atoms with Gasteiger partial charge in [0.05, 0.1) is 17.6 Å². The molecule has 4 heterocycles. The Labute approximate surface area is 181 Å². The second kappa shape index (κ2) is 8.45. The molecule has 31 heavy (non-hydrogen) atoms. The summed E-state index contributed by atoms with van der Waals surface area (Å²) in [6, 6.07) is 9.03. The lowest BCUT2D eigenvalue weighted by atomic mass is 10.2. The maximum atomic E-state index is 13.5. The number of aromatic nitrogens is 3. The number of nitrogens with two attached hydrogens (primary N) is 1. The minimum Gasteiger partial charge on any atom is -0.462 e. The number of ether oxygens (including phenoxy) is 1. The highest BCUT2D eigenvalue weighted by molar-refractivity contribution is 8.10. The third-order valence-electron chi connectivity index (χ3n) is 4.69. The first-order valence-electron chi connectivity index (χ1n) is 9.41. The number of esters is 1. The van der Waals surface area contributed by atoms with Gasteiger partial charge in [0.2, 0.25) is 5.91 Å². The van der Waals surface area contributed by atoms with E-state index in [-0.39, 0.29) is 34.1 Å². The van der Waals surface area contributed by atoms with Crippen molar-refractivity contribution in [3.05, 3.63) is 76.4 Å². The quantitative estimate of drug-likeness (QED) is 0.614. The third-order valence-corrected chi connectivity index (χ3v) is 6.00. The lowest BCUT2D eigenvalue weighted by Crippen LogP contribution is -2.42. The summed E-state index contributed by atoms with van der Waals surface area (Å²) in [5.41, 5.74) is 7.70. The highest BCUT2D eigenvalue weighted by Gasteiger charge is 2.36. The van der Waals surface area contributed by atoms with Gasteiger partial charge in [-0.2, -0.15) is 5.26 Å². The Balaban J connectivity index is 2.07.